The minimum Gasteiger partial charge on any atom is -0.497 e. The fourth-order valence-electron chi connectivity index (χ4n) is 2.50. The summed E-state index contributed by atoms with van der Waals surface area (Å²) >= 11 is 5.83. The summed E-state index contributed by atoms with van der Waals surface area (Å²) < 4.78 is 10.7. The fourth-order valence-corrected chi connectivity index (χ4v) is 2.63. The van der Waals surface area contributed by atoms with Gasteiger partial charge in [-0.2, -0.15) is 0 Å². The first-order valence-electron chi connectivity index (χ1n) is 8.52. The van der Waals surface area contributed by atoms with Crippen LogP contribution in [0.1, 0.15) is 20.7 Å². The summed E-state index contributed by atoms with van der Waals surface area (Å²) in [5, 5.41) is 3.37. The Balaban J connectivity index is 1.62. The van der Waals surface area contributed by atoms with Crippen LogP contribution in [0, 0.1) is 0 Å². The van der Waals surface area contributed by atoms with Crippen molar-refractivity contribution in [1.82, 2.24) is 0 Å². The van der Waals surface area contributed by atoms with Crippen LogP contribution in [-0.2, 0) is 0 Å². The number of carbonyl (C=O) groups excluding carboxylic acids is 2. The molecule has 3 aromatic rings. The minimum atomic E-state index is -0.270. The molecule has 0 bridgehead atoms. The Morgan fingerprint density at radius 1 is 0.893 bits per heavy atom. The number of benzene rings is 3. The van der Waals surface area contributed by atoms with E-state index in [0.29, 0.717) is 33.3 Å². The summed E-state index contributed by atoms with van der Waals surface area (Å²) in [5.74, 6) is 0.645. The van der Waals surface area contributed by atoms with Gasteiger partial charge in [0.25, 0.3) is 5.91 Å². The Morgan fingerprint density at radius 3 is 2.36 bits per heavy atom. The highest BCUT2D eigenvalue weighted by molar-refractivity contribution is 6.30. The zero-order valence-electron chi connectivity index (χ0n) is 15.1. The Morgan fingerprint density at radius 2 is 1.61 bits per heavy atom. The third-order valence-electron chi connectivity index (χ3n) is 3.96. The van der Waals surface area contributed by atoms with Crippen molar-refractivity contribution in [2.45, 2.75) is 0 Å². The average molecular weight is 396 g/mol. The molecule has 0 spiro atoms. The number of methoxy groups -OCH3 is 1. The lowest BCUT2D eigenvalue weighted by atomic mass is 10.1. The van der Waals surface area contributed by atoms with E-state index < -0.39 is 0 Å². The molecule has 0 atom stereocenters. The molecule has 28 heavy (non-hydrogen) atoms. The molecule has 6 heteroatoms. The molecular weight excluding hydrogens is 378 g/mol. The second-order valence-electron chi connectivity index (χ2n) is 5.93. The molecule has 1 N–H and O–H groups in total. The smallest absolute Gasteiger partial charge is 0.255 e. The molecule has 0 aliphatic carbocycles. The highest BCUT2D eigenvalue weighted by Crippen LogP contribution is 2.20. The monoisotopic (exact) mass is 395 g/mol. The second-order valence-corrected chi connectivity index (χ2v) is 6.37. The molecule has 0 aromatic heterocycles. The number of hydrogen-bond donors (Lipinski definition) is 1. The van der Waals surface area contributed by atoms with Gasteiger partial charge in [0.1, 0.15) is 11.5 Å². The number of hydrogen-bond acceptors (Lipinski definition) is 4. The molecule has 0 saturated carbocycles. The Hall–Kier alpha value is -3.31. The standard InChI is InChI=1S/C22H18ClNO4/c1-27-19-6-2-4-16(12-19)22(26)24-18-5-3-7-20(13-18)28-14-21(25)15-8-10-17(23)11-9-15/h2-13H,14H2,1H3,(H,24,26). The van der Waals surface area contributed by atoms with Crippen LogP contribution in [0.5, 0.6) is 11.5 Å². The maximum atomic E-state index is 12.4. The van der Waals surface area contributed by atoms with Crippen LogP contribution in [-0.4, -0.2) is 25.4 Å². The zero-order chi connectivity index (χ0) is 19.9. The maximum absolute atomic E-state index is 12.4. The van der Waals surface area contributed by atoms with Gasteiger partial charge in [0.15, 0.2) is 12.4 Å². The van der Waals surface area contributed by atoms with Crippen LogP contribution in [0.3, 0.4) is 0 Å². The van der Waals surface area contributed by atoms with Gasteiger partial charge in [-0.1, -0.05) is 23.7 Å². The lowest BCUT2D eigenvalue weighted by Gasteiger charge is -2.10. The lowest BCUT2D eigenvalue weighted by Crippen LogP contribution is -2.13. The van der Waals surface area contributed by atoms with E-state index in [1.165, 1.54) is 0 Å². The molecule has 3 aromatic carbocycles. The van der Waals surface area contributed by atoms with Gasteiger partial charge in [-0.3, -0.25) is 9.59 Å². The van der Waals surface area contributed by atoms with Crippen molar-refractivity contribution in [3.05, 3.63) is 88.9 Å². The number of carbonyl (C=O) groups is 2. The van der Waals surface area contributed by atoms with Gasteiger partial charge >= 0.3 is 0 Å². The van der Waals surface area contributed by atoms with Gasteiger partial charge in [0, 0.05) is 27.9 Å². The van der Waals surface area contributed by atoms with Gasteiger partial charge in [-0.25, -0.2) is 0 Å². The van der Waals surface area contributed by atoms with Crippen LogP contribution in [0.4, 0.5) is 5.69 Å². The number of rotatable bonds is 7. The van der Waals surface area contributed by atoms with Crippen molar-refractivity contribution >= 4 is 29.0 Å². The van der Waals surface area contributed by atoms with Crippen LogP contribution in [0.2, 0.25) is 5.02 Å². The van der Waals surface area contributed by atoms with E-state index >= 15 is 0 Å². The van der Waals surface area contributed by atoms with E-state index in [1.54, 1.807) is 79.9 Å². The van der Waals surface area contributed by atoms with Gasteiger partial charge in [-0.15, -0.1) is 0 Å². The van der Waals surface area contributed by atoms with Crippen molar-refractivity contribution in [2.24, 2.45) is 0 Å². The number of amides is 1. The van der Waals surface area contributed by atoms with Crippen LogP contribution >= 0.6 is 11.6 Å². The van der Waals surface area contributed by atoms with Gasteiger partial charge < -0.3 is 14.8 Å². The zero-order valence-corrected chi connectivity index (χ0v) is 15.9. The number of ether oxygens (including phenoxy) is 2. The topological polar surface area (TPSA) is 64.6 Å². The summed E-state index contributed by atoms with van der Waals surface area (Å²) in [5.41, 5.74) is 1.56. The van der Waals surface area contributed by atoms with E-state index in [4.69, 9.17) is 21.1 Å². The summed E-state index contributed by atoms with van der Waals surface area (Å²) in [7, 11) is 1.54. The normalized spacial score (nSPS) is 10.2. The third-order valence-corrected chi connectivity index (χ3v) is 4.21. The van der Waals surface area contributed by atoms with E-state index in [9.17, 15) is 9.59 Å². The fraction of sp³-hybridized carbons (Fsp3) is 0.0909. The van der Waals surface area contributed by atoms with Crippen molar-refractivity contribution in [1.29, 1.82) is 0 Å². The van der Waals surface area contributed by atoms with Gasteiger partial charge in [0.05, 0.1) is 7.11 Å². The third kappa shape index (κ3) is 5.11. The molecule has 0 unspecified atom stereocenters. The van der Waals surface area contributed by atoms with Gasteiger partial charge in [0.2, 0.25) is 0 Å². The lowest BCUT2D eigenvalue weighted by molar-refractivity contribution is 0.0920. The molecule has 5 nitrogen and oxygen atoms in total. The molecule has 0 aliphatic rings. The van der Waals surface area contributed by atoms with Crippen molar-refractivity contribution in [3.8, 4) is 11.5 Å². The highest BCUT2D eigenvalue weighted by atomic mass is 35.5. The maximum Gasteiger partial charge on any atom is 0.255 e. The number of anilines is 1. The predicted octanol–water partition coefficient (Wildman–Crippen LogP) is 4.86. The number of nitrogens with one attached hydrogen (secondary N) is 1. The van der Waals surface area contributed by atoms with Crippen LogP contribution in [0.25, 0.3) is 0 Å². The highest BCUT2D eigenvalue weighted by Gasteiger charge is 2.09. The van der Waals surface area contributed by atoms with Crippen LogP contribution < -0.4 is 14.8 Å². The molecule has 1 amide bonds. The first-order chi connectivity index (χ1) is 13.5. The molecule has 0 saturated heterocycles. The quantitative estimate of drug-likeness (QED) is 0.580. The molecule has 0 heterocycles. The largest absolute Gasteiger partial charge is 0.497 e. The number of Topliss-reactive ketones (excluding diaryl/α,β-unsaturated/α-hetero) is 1. The van der Waals surface area contributed by atoms with E-state index in [1.807, 2.05) is 0 Å². The summed E-state index contributed by atoms with van der Waals surface area (Å²) in [6.07, 6.45) is 0. The first kappa shape index (κ1) is 19.5. The SMILES string of the molecule is COc1cccc(C(=O)Nc2cccc(OCC(=O)c3ccc(Cl)cc3)c2)c1. The molecule has 0 radical (unpaired) electrons. The van der Waals surface area contributed by atoms with Crippen molar-refractivity contribution < 1.29 is 19.1 Å². The van der Waals surface area contributed by atoms with E-state index in [-0.39, 0.29) is 18.3 Å². The molecule has 0 aliphatic heterocycles. The number of ketones is 1. The minimum absolute atomic E-state index is 0.116. The molecular formula is C22H18ClNO4. The molecule has 0 fully saturated rings. The summed E-state index contributed by atoms with van der Waals surface area (Å²) in [4.78, 5) is 24.6. The second kappa shape index (κ2) is 9.06. The Labute approximate surface area is 167 Å². The Kier molecular flexibility index (Phi) is 6.29. The van der Waals surface area contributed by atoms with Crippen molar-refractivity contribution in [2.75, 3.05) is 19.0 Å². The predicted molar refractivity (Wildman–Crippen MR) is 109 cm³/mol. The van der Waals surface area contributed by atoms with Crippen LogP contribution in [0.15, 0.2) is 72.8 Å². The Bertz CT molecular complexity index is 986. The summed E-state index contributed by atoms with van der Waals surface area (Å²) in [6, 6.07) is 20.3. The molecule has 142 valence electrons. The van der Waals surface area contributed by atoms with E-state index in [0.717, 1.165) is 0 Å². The van der Waals surface area contributed by atoms with Gasteiger partial charge in [-0.05, 0) is 54.6 Å². The summed E-state index contributed by atoms with van der Waals surface area (Å²) in [6.45, 7) is -0.116. The van der Waals surface area contributed by atoms with E-state index in [2.05, 4.69) is 5.32 Å². The first-order valence-corrected chi connectivity index (χ1v) is 8.90. The van der Waals surface area contributed by atoms with Crippen molar-refractivity contribution in [3.63, 3.8) is 0 Å². The number of halogens is 1. The average Bonchev–Trinajstić information content (AvgIpc) is 2.73. The molecule has 3 rings (SSSR count).